The second-order valence-electron chi connectivity index (χ2n) is 8.13. The van der Waals surface area contributed by atoms with Gasteiger partial charge < -0.3 is 24.6 Å². The molecule has 0 radical (unpaired) electrons. The lowest BCUT2D eigenvalue weighted by Crippen LogP contribution is -2.39. The number of halogens is 1. The standard InChI is InChI=1S/C26H25FN4O3/c1-33-20-11-12-23-21(17-20)25(29-22-5-2-3-6-24(22)34-23)30-13-4-14-31(16-15-30)26(32)28-19-9-7-18(27)8-10-19/h2-3,5-12,17H,4,13-16H2,1H3,(H,28,32). The monoisotopic (exact) mass is 460 g/mol. The van der Waals surface area contributed by atoms with Crippen LogP contribution in [0.5, 0.6) is 17.2 Å². The molecular weight excluding hydrogens is 435 g/mol. The van der Waals surface area contributed by atoms with Crippen LogP contribution in [0.25, 0.3) is 0 Å². The summed E-state index contributed by atoms with van der Waals surface area (Å²) >= 11 is 0. The molecule has 0 saturated carbocycles. The van der Waals surface area contributed by atoms with E-state index < -0.39 is 0 Å². The zero-order valence-electron chi connectivity index (χ0n) is 18.8. The van der Waals surface area contributed by atoms with E-state index in [1.807, 2.05) is 42.5 Å². The lowest BCUT2D eigenvalue weighted by Gasteiger charge is -2.25. The van der Waals surface area contributed by atoms with Gasteiger partial charge in [-0.15, -0.1) is 0 Å². The fourth-order valence-corrected chi connectivity index (χ4v) is 4.14. The summed E-state index contributed by atoms with van der Waals surface area (Å²) in [6, 6.07) is 19.0. The average molecular weight is 461 g/mol. The first-order valence-corrected chi connectivity index (χ1v) is 11.2. The summed E-state index contributed by atoms with van der Waals surface area (Å²) in [5, 5.41) is 2.85. The number of carbonyl (C=O) groups excluding carboxylic acids is 1. The van der Waals surface area contributed by atoms with Crippen molar-refractivity contribution in [2.24, 2.45) is 4.99 Å². The third-order valence-electron chi connectivity index (χ3n) is 5.92. The summed E-state index contributed by atoms with van der Waals surface area (Å²) in [6.45, 7) is 2.47. The van der Waals surface area contributed by atoms with Gasteiger partial charge in [-0.05, 0) is 61.0 Å². The van der Waals surface area contributed by atoms with Crippen molar-refractivity contribution in [2.75, 3.05) is 38.6 Å². The van der Waals surface area contributed by atoms with Crippen molar-refractivity contribution >= 4 is 23.2 Å². The molecule has 0 aromatic heterocycles. The largest absolute Gasteiger partial charge is 0.497 e. The third kappa shape index (κ3) is 4.52. The van der Waals surface area contributed by atoms with E-state index in [2.05, 4.69) is 10.2 Å². The molecule has 174 valence electrons. The molecule has 2 aliphatic heterocycles. The van der Waals surface area contributed by atoms with E-state index in [0.717, 1.165) is 35.8 Å². The number of nitrogens with zero attached hydrogens (tertiary/aromatic N) is 3. The van der Waals surface area contributed by atoms with Gasteiger partial charge in [-0.25, -0.2) is 14.2 Å². The summed E-state index contributed by atoms with van der Waals surface area (Å²) in [5.41, 5.74) is 2.16. The maximum absolute atomic E-state index is 13.2. The number of nitrogens with one attached hydrogen (secondary N) is 1. The second kappa shape index (κ2) is 9.43. The maximum Gasteiger partial charge on any atom is 0.321 e. The predicted octanol–water partition coefficient (Wildman–Crippen LogP) is 5.26. The van der Waals surface area contributed by atoms with Crippen LogP contribution in [0.1, 0.15) is 12.0 Å². The van der Waals surface area contributed by atoms with E-state index in [-0.39, 0.29) is 11.8 Å². The van der Waals surface area contributed by atoms with Gasteiger partial charge in [0.2, 0.25) is 0 Å². The van der Waals surface area contributed by atoms with Gasteiger partial charge in [0.25, 0.3) is 0 Å². The van der Waals surface area contributed by atoms with E-state index >= 15 is 0 Å². The molecule has 2 amide bonds. The van der Waals surface area contributed by atoms with Crippen LogP contribution in [-0.4, -0.2) is 55.0 Å². The normalized spacial score (nSPS) is 15.2. The Morgan fingerprint density at radius 3 is 2.65 bits per heavy atom. The smallest absolute Gasteiger partial charge is 0.321 e. The summed E-state index contributed by atoms with van der Waals surface area (Å²) in [6.07, 6.45) is 0.775. The maximum atomic E-state index is 13.2. The number of hydrogen-bond donors (Lipinski definition) is 1. The Morgan fingerprint density at radius 2 is 1.82 bits per heavy atom. The number of benzene rings is 3. The van der Waals surface area contributed by atoms with Gasteiger partial charge in [-0.1, -0.05) is 12.1 Å². The highest BCUT2D eigenvalue weighted by Gasteiger charge is 2.26. The number of carbonyl (C=O) groups is 1. The Morgan fingerprint density at radius 1 is 1.00 bits per heavy atom. The highest BCUT2D eigenvalue weighted by molar-refractivity contribution is 6.04. The number of urea groups is 1. The van der Waals surface area contributed by atoms with E-state index in [9.17, 15) is 9.18 Å². The van der Waals surface area contributed by atoms with Crippen molar-refractivity contribution in [3.8, 4) is 17.2 Å². The number of aliphatic imine (C=N–C) groups is 1. The van der Waals surface area contributed by atoms with Crippen molar-refractivity contribution in [1.29, 1.82) is 0 Å². The second-order valence-corrected chi connectivity index (χ2v) is 8.13. The van der Waals surface area contributed by atoms with Gasteiger partial charge in [-0.3, -0.25) is 0 Å². The fraction of sp³-hybridized carbons (Fsp3) is 0.231. The molecule has 0 bridgehead atoms. The molecule has 0 aliphatic carbocycles. The number of para-hydroxylation sites is 2. The number of rotatable bonds is 2. The number of amidine groups is 1. The highest BCUT2D eigenvalue weighted by atomic mass is 19.1. The molecule has 2 aliphatic rings. The third-order valence-corrected chi connectivity index (χ3v) is 5.92. The Hall–Kier alpha value is -4.07. The van der Waals surface area contributed by atoms with Crippen LogP contribution in [0.15, 0.2) is 71.7 Å². The van der Waals surface area contributed by atoms with Crippen LogP contribution in [-0.2, 0) is 0 Å². The molecule has 2 heterocycles. The van der Waals surface area contributed by atoms with Gasteiger partial charge in [0.05, 0.1) is 12.7 Å². The molecule has 0 atom stereocenters. The molecule has 34 heavy (non-hydrogen) atoms. The van der Waals surface area contributed by atoms with Crippen molar-refractivity contribution in [3.05, 3.63) is 78.1 Å². The topological polar surface area (TPSA) is 66.4 Å². The number of methoxy groups -OCH3 is 1. The number of hydrogen-bond acceptors (Lipinski definition) is 5. The van der Waals surface area contributed by atoms with Crippen LogP contribution in [0.4, 0.5) is 20.6 Å². The summed E-state index contributed by atoms with van der Waals surface area (Å²) in [7, 11) is 1.63. The molecule has 3 aromatic rings. The first kappa shape index (κ1) is 21.8. The first-order chi connectivity index (χ1) is 16.6. The molecule has 1 saturated heterocycles. The van der Waals surface area contributed by atoms with Gasteiger partial charge in [0.1, 0.15) is 28.8 Å². The summed E-state index contributed by atoms with van der Waals surface area (Å²) < 4.78 is 24.8. The van der Waals surface area contributed by atoms with Gasteiger partial charge >= 0.3 is 6.03 Å². The Bertz CT molecular complexity index is 1230. The first-order valence-electron chi connectivity index (χ1n) is 11.2. The Labute approximate surface area is 197 Å². The van der Waals surface area contributed by atoms with Crippen LogP contribution < -0.4 is 14.8 Å². The van der Waals surface area contributed by atoms with Crippen LogP contribution >= 0.6 is 0 Å². The molecule has 1 N–H and O–H groups in total. The zero-order chi connectivity index (χ0) is 23.5. The number of fused-ring (bicyclic) bond motifs is 2. The molecule has 0 unspecified atom stereocenters. The Balaban J connectivity index is 1.39. The predicted molar refractivity (Wildman–Crippen MR) is 129 cm³/mol. The minimum atomic E-state index is -0.338. The number of ether oxygens (including phenoxy) is 2. The average Bonchev–Trinajstić information content (AvgIpc) is 3.20. The fourth-order valence-electron chi connectivity index (χ4n) is 4.14. The van der Waals surface area contributed by atoms with Gasteiger partial charge in [0, 0.05) is 31.9 Å². The van der Waals surface area contributed by atoms with E-state index in [1.54, 1.807) is 24.1 Å². The van der Waals surface area contributed by atoms with E-state index in [0.29, 0.717) is 36.8 Å². The van der Waals surface area contributed by atoms with E-state index in [1.165, 1.54) is 12.1 Å². The molecule has 0 spiro atoms. The molecular formula is C26H25FN4O3. The summed E-state index contributed by atoms with van der Waals surface area (Å²) in [4.78, 5) is 21.8. The molecule has 5 rings (SSSR count). The summed E-state index contributed by atoms with van der Waals surface area (Å²) in [5.74, 6) is 2.57. The van der Waals surface area contributed by atoms with Crippen LogP contribution in [0, 0.1) is 5.82 Å². The van der Waals surface area contributed by atoms with Crippen LogP contribution in [0.2, 0.25) is 0 Å². The van der Waals surface area contributed by atoms with Crippen molar-refractivity contribution in [1.82, 2.24) is 9.80 Å². The minimum absolute atomic E-state index is 0.202. The van der Waals surface area contributed by atoms with Gasteiger partial charge in [-0.2, -0.15) is 0 Å². The van der Waals surface area contributed by atoms with E-state index in [4.69, 9.17) is 14.5 Å². The van der Waals surface area contributed by atoms with Crippen molar-refractivity contribution < 1.29 is 18.7 Å². The van der Waals surface area contributed by atoms with Crippen molar-refractivity contribution in [2.45, 2.75) is 6.42 Å². The van der Waals surface area contributed by atoms with Crippen molar-refractivity contribution in [3.63, 3.8) is 0 Å². The van der Waals surface area contributed by atoms with Gasteiger partial charge in [0.15, 0.2) is 5.75 Å². The SMILES string of the molecule is COc1ccc2c(c1)C(N1CCCN(C(=O)Nc3ccc(F)cc3)CC1)=Nc1ccccc1O2. The molecule has 1 fully saturated rings. The molecule has 8 heteroatoms. The van der Waals surface area contributed by atoms with Crippen LogP contribution in [0.3, 0.4) is 0 Å². The highest BCUT2D eigenvalue weighted by Crippen LogP contribution is 2.39. The minimum Gasteiger partial charge on any atom is -0.497 e. The number of amides is 2. The molecule has 7 nitrogen and oxygen atoms in total. The number of anilines is 1. The lowest BCUT2D eigenvalue weighted by molar-refractivity contribution is 0.214. The lowest BCUT2D eigenvalue weighted by atomic mass is 10.1. The Kier molecular flexibility index (Phi) is 6.03. The molecule has 3 aromatic carbocycles. The zero-order valence-corrected chi connectivity index (χ0v) is 18.8. The quantitative estimate of drug-likeness (QED) is 0.567.